The van der Waals surface area contributed by atoms with Gasteiger partial charge in [0, 0.05) is 25.7 Å². The smallest absolute Gasteiger partial charge is 0.463 e. The third kappa shape index (κ3) is 48.9. The molecule has 3 aliphatic rings. The quantitative estimate of drug-likeness (QED) is 0.00889. The maximum absolute atomic E-state index is 14.9. The summed E-state index contributed by atoms with van der Waals surface area (Å²) >= 11 is 0. The second kappa shape index (κ2) is 68.6. The normalized spacial score (nSPS) is 25.4. The number of esters is 4. The van der Waals surface area contributed by atoms with Crippen molar-refractivity contribution in [3.8, 4) is 0 Å². The zero-order valence-electron chi connectivity index (χ0n) is 72.7. The molecule has 3 rings (SSSR count). The summed E-state index contributed by atoms with van der Waals surface area (Å²) in [6.45, 7) is 7.89. The summed E-state index contributed by atoms with van der Waals surface area (Å²) in [5, 5.41) is 102. The molecule has 3 fully saturated rings. The number of allylic oxidation sites excluding steroid dienone is 2. The van der Waals surface area contributed by atoms with Crippen LogP contribution < -0.4 is 0 Å². The van der Waals surface area contributed by atoms with Gasteiger partial charge in [-0.15, -0.1) is 0 Å². The molecule has 0 aromatic carbocycles. The monoisotopic (exact) mass is 1680 g/mol. The van der Waals surface area contributed by atoms with E-state index >= 15 is 0 Å². The topological polar surface area (TPSA) is 380 Å². The standard InChI is InChI=1S/C90H167O25P/c1-6-10-14-18-22-25-28-31-32-35-38-41-44-51-57-63-75(94)109-70(66-106-73(92)61-55-49-42-39-36-33-29-26-23-19-15-11-7-2)67-108-116(104,105)115-88-86(113-89-83(102)79(98)77(96)71(65-91)110-89)82(101)81(100)85(112-76(95)64-58-52-46-45-48-54-60-69(5)59-53-47-21-17-13-9-4)87(88)114-90-84(103)80(99)78(97)72(111-90)68-107-74(93)62-56-50-43-40-37-34-30-27-24-20-16-12-8-3/h34,37,69-72,77-91,96-103H,6-33,35-36,38-68H2,1-5H3,(H,104,105)/b37-34-. The SMILES string of the molecule is CCCCCCCC/C=C\CCCCCC(=O)OCC1OC(OC2C(OC(=O)CCCCCCCCC(C)CCCCCCCC)C(O)C(O)C(OC3OC(CO)C(O)C(O)C3O)C2OP(=O)(O)OCC(COC(=O)CCCCCCCCCCCCCCC)OC(=O)CCCCCCCCCCCCCCCCC)C(O)C(O)C1O. The summed E-state index contributed by atoms with van der Waals surface area (Å²) in [6.07, 6.45) is 25.1. The van der Waals surface area contributed by atoms with Crippen LogP contribution in [0.4, 0.5) is 0 Å². The Morgan fingerprint density at radius 1 is 0.362 bits per heavy atom. The first-order chi connectivity index (χ1) is 56.1. The fraction of sp³-hybridized carbons (Fsp3) is 0.933. The Hall–Kier alpha value is -2.79. The van der Waals surface area contributed by atoms with E-state index in [0.29, 0.717) is 44.4 Å². The van der Waals surface area contributed by atoms with E-state index in [1.165, 1.54) is 180 Å². The highest BCUT2D eigenvalue weighted by Crippen LogP contribution is 2.49. The molecule has 25 nitrogen and oxygen atoms in total. The van der Waals surface area contributed by atoms with Gasteiger partial charge in [0.1, 0.15) is 92.6 Å². The first kappa shape index (κ1) is 107. The molecule has 19 unspecified atom stereocenters. The Labute approximate surface area is 699 Å². The van der Waals surface area contributed by atoms with Crippen LogP contribution in [0.2, 0.25) is 0 Å². The van der Waals surface area contributed by atoms with Crippen molar-refractivity contribution in [1.29, 1.82) is 0 Å². The van der Waals surface area contributed by atoms with Crippen LogP contribution in [0.3, 0.4) is 0 Å². The Balaban J connectivity index is 1.93. The van der Waals surface area contributed by atoms with Crippen molar-refractivity contribution < 1.29 is 122 Å². The fourth-order valence-corrected chi connectivity index (χ4v) is 16.6. The van der Waals surface area contributed by atoms with Crippen molar-refractivity contribution in [2.75, 3.05) is 26.4 Å². The number of hydrogen-bond donors (Lipinski definition) is 10. The van der Waals surface area contributed by atoms with Crippen molar-refractivity contribution in [2.24, 2.45) is 5.92 Å². The van der Waals surface area contributed by atoms with Gasteiger partial charge in [-0.05, 0) is 57.3 Å². The van der Waals surface area contributed by atoms with Crippen LogP contribution in [-0.4, -0.2) is 205 Å². The maximum atomic E-state index is 14.9. The molecular formula is C90H167O25P. The summed E-state index contributed by atoms with van der Waals surface area (Å²) in [5.41, 5.74) is 0. The molecule has 1 aliphatic carbocycles. The summed E-state index contributed by atoms with van der Waals surface area (Å²) in [6, 6.07) is 0. The third-order valence-corrected chi connectivity index (χ3v) is 24.2. The molecule has 2 heterocycles. The van der Waals surface area contributed by atoms with E-state index in [1.54, 1.807) is 0 Å². The van der Waals surface area contributed by atoms with E-state index in [1.807, 2.05) is 0 Å². The number of hydrogen-bond acceptors (Lipinski definition) is 24. The number of ether oxygens (including phenoxy) is 8. The molecular weight excluding hydrogens is 1510 g/mol. The molecule has 19 atom stereocenters. The fourth-order valence-electron chi connectivity index (χ4n) is 15.6. The highest BCUT2D eigenvalue weighted by atomic mass is 31.2. The van der Waals surface area contributed by atoms with Crippen LogP contribution in [0.1, 0.15) is 401 Å². The van der Waals surface area contributed by atoms with Gasteiger partial charge in [0.25, 0.3) is 0 Å². The minimum atomic E-state index is -5.81. The first-order valence-electron chi connectivity index (χ1n) is 46.8. The number of aliphatic hydroxyl groups is 9. The number of unbranched alkanes of at least 4 members (excludes halogenated alkanes) is 45. The molecule has 682 valence electrons. The van der Waals surface area contributed by atoms with E-state index < -0.39 is 162 Å². The number of carbonyl (C=O) groups is 4. The molecule has 0 spiro atoms. The van der Waals surface area contributed by atoms with Crippen molar-refractivity contribution in [1.82, 2.24) is 0 Å². The molecule has 26 heteroatoms. The number of rotatable bonds is 75. The predicted octanol–water partition coefficient (Wildman–Crippen LogP) is 17.0. The molecule has 2 aliphatic heterocycles. The molecule has 0 bridgehead atoms. The molecule has 116 heavy (non-hydrogen) atoms. The third-order valence-electron chi connectivity index (χ3n) is 23.2. The highest BCUT2D eigenvalue weighted by Gasteiger charge is 2.60. The van der Waals surface area contributed by atoms with Crippen LogP contribution in [-0.2, 0) is 70.7 Å². The molecule has 0 aromatic heterocycles. The van der Waals surface area contributed by atoms with Gasteiger partial charge in [0.2, 0.25) is 0 Å². The lowest BCUT2D eigenvalue weighted by Crippen LogP contribution is -2.70. The zero-order valence-corrected chi connectivity index (χ0v) is 73.6. The van der Waals surface area contributed by atoms with Crippen LogP contribution in [0, 0.1) is 5.92 Å². The summed E-state index contributed by atoms with van der Waals surface area (Å²) < 4.78 is 73.4. The Kier molecular flexibility index (Phi) is 63.5. The number of phosphoric ester groups is 1. The molecule has 0 amide bonds. The van der Waals surface area contributed by atoms with Gasteiger partial charge in [-0.2, -0.15) is 0 Å². The summed E-state index contributed by atoms with van der Waals surface area (Å²) in [4.78, 5) is 66.4. The Morgan fingerprint density at radius 2 is 0.698 bits per heavy atom. The van der Waals surface area contributed by atoms with Crippen molar-refractivity contribution >= 4 is 31.7 Å². The molecule has 1 saturated carbocycles. The summed E-state index contributed by atoms with van der Waals surface area (Å²) in [5.74, 6) is -2.34. The lowest BCUT2D eigenvalue weighted by atomic mass is 9.84. The van der Waals surface area contributed by atoms with Crippen molar-refractivity contribution in [2.45, 2.75) is 505 Å². The molecule has 2 saturated heterocycles. The number of carbonyl (C=O) groups excluding carboxylic acids is 4. The second-order valence-corrected chi connectivity index (χ2v) is 35.2. The van der Waals surface area contributed by atoms with Crippen LogP contribution in [0.25, 0.3) is 0 Å². The summed E-state index contributed by atoms with van der Waals surface area (Å²) in [7, 11) is -5.81. The van der Waals surface area contributed by atoms with Gasteiger partial charge in [-0.1, -0.05) is 336 Å². The van der Waals surface area contributed by atoms with E-state index in [4.69, 9.17) is 46.9 Å². The number of aliphatic hydroxyl groups excluding tert-OH is 9. The highest BCUT2D eigenvalue weighted by molar-refractivity contribution is 7.47. The maximum Gasteiger partial charge on any atom is 0.472 e. The van der Waals surface area contributed by atoms with Crippen LogP contribution in [0.15, 0.2) is 12.2 Å². The second-order valence-electron chi connectivity index (χ2n) is 33.8. The molecule has 0 aromatic rings. The van der Waals surface area contributed by atoms with Gasteiger partial charge in [0.15, 0.2) is 24.8 Å². The lowest BCUT2D eigenvalue weighted by molar-refractivity contribution is -0.360. The molecule has 10 N–H and O–H groups in total. The Morgan fingerprint density at radius 3 is 1.12 bits per heavy atom. The van der Waals surface area contributed by atoms with E-state index in [9.17, 15) is 74.6 Å². The molecule has 0 radical (unpaired) electrons. The van der Waals surface area contributed by atoms with Gasteiger partial charge in [0.05, 0.1) is 13.2 Å². The largest absolute Gasteiger partial charge is 0.472 e. The lowest BCUT2D eigenvalue weighted by Gasteiger charge is -2.50. The van der Waals surface area contributed by atoms with Crippen molar-refractivity contribution in [3.63, 3.8) is 0 Å². The van der Waals surface area contributed by atoms with E-state index in [-0.39, 0.29) is 25.7 Å². The first-order valence-corrected chi connectivity index (χ1v) is 48.3. The zero-order chi connectivity index (χ0) is 84.8. The van der Waals surface area contributed by atoms with Gasteiger partial charge >= 0.3 is 31.7 Å². The van der Waals surface area contributed by atoms with E-state index in [0.717, 1.165) is 122 Å². The van der Waals surface area contributed by atoms with Crippen LogP contribution >= 0.6 is 7.82 Å². The minimum absolute atomic E-state index is 0.00492. The van der Waals surface area contributed by atoms with Gasteiger partial charge in [-0.3, -0.25) is 28.2 Å². The minimum Gasteiger partial charge on any atom is -0.463 e. The van der Waals surface area contributed by atoms with Gasteiger partial charge in [-0.25, -0.2) is 4.57 Å². The Bertz CT molecular complexity index is 2480. The average Bonchev–Trinajstić information content (AvgIpc) is 0.756. The van der Waals surface area contributed by atoms with Crippen LogP contribution in [0.5, 0.6) is 0 Å². The van der Waals surface area contributed by atoms with Gasteiger partial charge < -0.3 is 88.7 Å². The van der Waals surface area contributed by atoms with E-state index in [2.05, 4.69) is 46.8 Å². The predicted molar refractivity (Wildman–Crippen MR) is 449 cm³/mol. The van der Waals surface area contributed by atoms with Crippen molar-refractivity contribution in [3.05, 3.63) is 12.2 Å². The number of phosphoric acid groups is 1. The average molecular weight is 1680 g/mol.